The van der Waals surface area contributed by atoms with Crippen LogP contribution in [0.3, 0.4) is 0 Å². The fraction of sp³-hybridized carbons (Fsp3) is 0.358. The maximum Gasteiger partial charge on any atom is 0.269 e. The van der Waals surface area contributed by atoms with E-state index in [1.54, 1.807) is 47.4 Å². The van der Waals surface area contributed by atoms with Crippen molar-refractivity contribution in [2.45, 2.75) is 75.8 Å². The van der Waals surface area contributed by atoms with Crippen LogP contribution in [0.4, 0.5) is 10.1 Å². The molecule has 0 radical (unpaired) electrons. The molecule has 12 nitrogen and oxygen atoms in total. The number of rotatable bonds is 23. The van der Waals surface area contributed by atoms with E-state index in [1.807, 2.05) is 48.5 Å². The van der Waals surface area contributed by atoms with Crippen LogP contribution in [0, 0.1) is 33.7 Å². The van der Waals surface area contributed by atoms with E-state index in [0.717, 1.165) is 42.4 Å². The Hall–Kier alpha value is -6.41. The number of aliphatic hydroxyl groups excluding tert-OH is 2. The minimum atomic E-state index is -1.55. The van der Waals surface area contributed by atoms with Crippen molar-refractivity contribution in [2.75, 3.05) is 26.4 Å². The van der Waals surface area contributed by atoms with E-state index in [9.17, 15) is 24.7 Å². The predicted molar refractivity (Wildman–Crippen MR) is 251 cm³/mol. The minimum absolute atomic E-state index is 0.0125. The van der Waals surface area contributed by atoms with Gasteiger partial charge in [0.05, 0.1) is 23.2 Å². The molecule has 0 unspecified atom stereocenters. The summed E-state index contributed by atoms with van der Waals surface area (Å²) in [5.41, 5.74) is 4.47. The standard InChI is InChI=1S/C53H58FN3O9/c1-3-30-63-43-25-26-48-46(33-43)51-44(15-9-11-29-59)40(14-8-10-28-58)32-45-47(55-65-36-39-12-6-5-7-13-39)34-49(53(66-48,52(45)51)64-31-4-2)56(35-38-16-21-41(54)22-17-38)50(60)27-20-37-18-23-42(24-19-37)57(61)62/h3-7,12-13,16-27,32-33,40,44,49,51-52,58-59H,1-2,8-11,14-15,28-31,34-36H2/t40-,44+,49-,51+,52+,53+/m0/s1. The first kappa shape index (κ1) is 47.5. The van der Waals surface area contributed by atoms with Gasteiger partial charge in [-0.2, -0.15) is 0 Å². The number of carbonyl (C=O) groups is 1. The van der Waals surface area contributed by atoms with Crippen LogP contribution in [0.25, 0.3) is 6.08 Å². The molecule has 1 fully saturated rings. The summed E-state index contributed by atoms with van der Waals surface area (Å²) in [6, 6.07) is 26.5. The number of nitrogens with zero attached hydrogens (tertiary/aromatic N) is 3. The third-order valence-corrected chi connectivity index (χ3v) is 12.7. The number of halogens is 1. The zero-order valence-corrected chi connectivity index (χ0v) is 37.1. The number of fused-ring (bicyclic) bond motifs is 2. The van der Waals surface area contributed by atoms with Gasteiger partial charge in [-0.05, 0) is 108 Å². The summed E-state index contributed by atoms with van der Waals surface area (Å²) in [5, 5.41) is 36.3. The van der Waals surface area contributed by atoms with Gasteiger partial charge in [-0.25, -0.2) is 4.39 Å². The number of nitro groups is 1. The molecule has 0 spiro atoms. The SMILES string of the molecule is C=CCOc1ccc2c(c1)[C@H]1[C@H](CCCCO)[C@@H](CCCCO)C=C3C(=NOCc4ccccc4)C[C@H](N(Cc4ccc(F)cc4)C(=O)C=Cc4ccc([N+](=O)[O-])cc4)[C@@](OCC=C)(O2)[C@H]31. The lowest BCUT2D eigenvalue weighted by Gasteiger charge is -2.60. The zero-order chi connectivity index (χ0) is 46.5. The van der Waals surface area contributed by atoms with Crippen LogP contribution >= 0.6 is 0 Å². The average Bonchev–Trinajstić information content (AvgIpc) is 3.33. The Morgan fingerprint density at radius 2 is 1.65 bits per heavy atom. The van der Waals surface area contributed by atoms with Crippen molar-refractivity contribution in [3.8, 4) is 11.5 Å². The van der Waals surface area contributed by atoms with Crippen molar-refractivity contribution in [3.05, 3.63) is 178 Å². The Morgan fingerprint density at radius 1 is 0.924 bits per heavy atom. The van der Waals surface area contributed by atoms with E-state index in [4.69, 9.17) is 24.2 Å². The number of hydrogen-bond acceptors (Lipinski definition) is 10. The number of carbonyl (C=O) groups excluding carboxylic acids is 1. The molecule has 7 rings (SSSR count). The number of ether oxygens (including phenoxy) is 3. The topological polar surface area (TPSA) is 153 Å². The smallest absolute Gasteiger partial charge is 0.269 e. The van der Waals surface area contributed by atoms with E-state index < -0.39 is 34.4 Å². The summed E-state index contributed by atoms with van der Waals surface area (Å²) in [7, 11) is 0. The molecule has 13 heteroatoms. The molecule has 346 valence electrons. The molecule has 1 amide bonds. The van der Waals surface area contributed by atoms with E-state index in [-0.39, 0.29) is 62.8 Å². The molecule has 4 aromatic rings. The normalized spacial score (nSPS) is 22.4. The van der Waals surface area contributed by atoms with Crippen LogP contribution in [0.15, 0.2) is 145 Å². The summed E-state index contributed by atoms with van der Waals surface area (Å²) < 4.78 is 35.0. The van der Waals surface area contributed by atoms with Gasteiger partial charge in [0.2, 0.25) is 11.7 Å². The lowest BCUT2D eigenvalue weighted by Crippen LogP contribution is -2.70. The zero-order valence-electron chi connectivity index (χ0n) is 37.1. The van der Waals surface area contributed by atoms with Gasteiger partial charge in [-0.3, -0.25) is 14.9 Å². The summed E-state index contributed by atoms with van der Waals surface area (Å²) in [5.74, 6) is -2.05. The molecular weight excluding hydrogens is 842 g/mol. The van der Waals surface area contributed by atoms with Crippen LogP contribution in [-0.2, 0) is 27.5 Å². The maximum absolute atomic E-state index is 15.1. The van der Waals surface area contributed by atoms with Gasteiger partial charge < -0.3 is 34.2 Å². The number of allylic oxidation sites excluding steroid dienone is 1. The van der Waals surface area contributed by atoms with Crippen molar-refractivity contribution in [1.29, 1.82) is 0 Å². The first-order chi connectivity index (χ1) is 32.2. The largest absolute Gasteiger partial charge is 0.490 e. The highest BCUT2D eigenvalue weighted by Crippen LogP contribution is 2.62. The molecule has 0 bridgehead atoms. The third-order valence-electron chi connectivity index (χ3n) is 12.7. The summed E-state index contributed by atoms with van der Waals surface area (Å²) in [6.45, 7) is 8.56. The molecule has 0 aromatic heterocycles. The van der Waals surface area contributed by atoms with Crippen molar-refractivity contribution >= 4 is 23.4 Å². The quantitative estimate of drug-likeness (QED) is 0.0244. The lowest BCUT2D eigenvalue weighted by atomic mass is 9.55. The van der Waals surface area contributed by atoms with Crippen molar-refractivity contribution < 1.29 is 43.4 Å². The number of unbranched alkanes of at least 4 members (excludes halogenated alkanes) is 2. The van der Waals surface area contributed by atoms with E-state index in [2.05, 4.69) is 19.2 Å². The Labute approximate surface area is 385 Å². The highest BCUT2D eigenvalue weighted by atomic mass is 19.1. The minimum Gasteiger partial charge on any atom is -0.490 e. The Morgan fingerprint density at radius 3 is 2.35 bits per heavy atom. The van der Waals surface area contributed by atoms with Crippen LogP contribution in [0.2, 0.25) is 0 Å². The number of amides is 1. The maximum atomic E-state index is 15.1. The molecule has 2 aliphatic carbocycles. The Kier molecular flexibility index (Phi) is 16.3. The summed E-state index contributed by atoms with van der Waals surface area (Å²) in [4.78, 5) is 33.9. The van der Waals surface area contributed by atoms with Gasteiger partial charge in [0.15, 0.2) is 0 Å². The van der Waals surface area contributed by atoms with Crippen molar-refractivity contribution in [1.82, 2.24) is 4.90 Å². The Bertz CT molecular complexity index is 2390. The second-order valence-corrected chi connectivity index (χ2v) is 16.9. The molecule has 2 N–H and O–H groups in total. The second-order valence-electron chi connectivity index (χ2n) is 16.9. The number of non-ortho nitro benzene ring substituents is 1. The first-order valence-electron chi connectivity index (χ1n) is 22.6. The molecular formula is C53H58FN3O9. The van der Waals surface area contributed by atoms with Gasteiger partial charge in [-0.1, -0.05) is 85.3 Å². The highest BCUT2D eigenvalue weighted by Gasteiger charge is 2.65. The molecule has 1 heterocycles. The number of hydrogen-bond donors (Lipinski definition) is 2. The average molecular weight is 900 g/mol. The number of aliphatic hydroxyl groups is 2. The molecule has 3 aliphatic rings. The van der Waals surface area contributed by atoms with Crippen LogP contribution in [-0.4, -0.2) is 69.9 Å². The third kappa shape index (κ3) is 11.0. The number of nitro benzene ring substituents is 1. The van der Waals surface area contributed by atoms with E-state index in [1.165, 1.54) is 30.3 Å². The van der Waals surface area contributed by atoms with Gasteiger partial charge in [0.1, 0.15) is 36.6 Å². The molecule has 1 saturated carbocycles. The van der Waals surface area contributed by atoms with Gasteiger partial charge in [0, 0.05) is 55.9 Å². The fourth-order valence-electron chi connectivity index (χ4n) is 9.75. The van der Waals surface area contributed by atoms with Crippen molar-refractivity contribution in [2.24, 2.45) is 22.9 Å². The molecule has 0 saturated heterocycles. The highest BCUT2D eigenvalue weighted by molar-refractivity contribution is 6.03. The number of oxime groups is 1. The number of benzene rings is 4. The first-order valence-corrected chi connectivity index (χ1v) is 22.6. The monoisotopic (exact) mass is 899 g/mol. The van der Waals surface area contributed by atoms with Crippen molar-refractivity contribution in [3.63, 3.8) is 0 Å². The van der Waals surface area contributed by atoms with Gasteiger partial charge >= 0.3 is 0 Å². The van der Waals surface area contributed by atoms with Crippen LogP contribution in [0.1, 0.15) is 73.1 Å². The van der Waals surface area contributed by atoms with E-state index >= 15 is 4.79 Å². The molecule has 66 heavy (non-hydrogen) atoms. The van der Waals surface area contributed by atoms with Gasteiger partial charge in [0.25, 0.3) is 5.69 Å². The van der Waals surface area contributed by atoms with Crippen LogP contribution < -0.4 is 9.47 Å². The summed E-state index contributed by atoms with van der Waals surface area (Å²) in [6.07, 6.45) is 13.1. The summed E-state index contributed by atoms with van der Waals surface area (Å²) >= 11 is 0. The Balaban J connectivity index is 1.45. The molecule has 1 aliphatic heterocycles. The lowest BCUT2D eigenvalue weighted by molar-refractivity contribution is -0.384. The van der Waals surface area contributed by atoms with Gasteiger partial charge in [-0.15, -0.1) is 6.58 Å². The van der Waals surface area contributed by atoms with E-state index in [0.29, 0.717) is 47.8 Å². The van der Waals surface area contributed by atoms with Crippen LogP contribution in [0.5, 0.6) is 11.5 Å². The molecule has 4 aromatic carbocycles. The predicted octanol–water partition coefficient (Wildman–Crippen LogP) is 9.87. The second kappa shape index (κ2) is 22.7. The fourth-order valence-corrected chi connectivity index (χ4v) is 9.75. The molecule has 6 atom stereocenters.